The van der Waals surface area contributed by atoms with E-state index in [1.165, 1.54) is 16.8 Å². The first kappa shape index (κ1) is 21.0. The number of ether oxygens (including phenoxy) is 1. The monoisotopic (exact) mass is 424 g/mol. The highest BCUT2D eigenvalue weighted by atomic mass is 16.6. The highest BCUT2D eigenvalue weighted by Gasteiger charge is 2.59. The Labute approximate surface area is 186 Å². The zero-order valence-corrected chi connectivity index (χ0v) is 19.1. The van der Waals surface area contributed by atoms with E-state index in [0.29, 0.717) is 12.5 Å². The number of nitrogens with zero attached hydrogens (tertiary/aromatic N) is 2. The summed E-state index contributed by atoms with van der Waals surface area (Å²) in [6, 6.07) is 8.67. The fourth-order valence-electron chi connectivity index (χ4n) is 6.57. The van der Waals surface area contributed by atoms with Crippen molar-refractivity contribution < 1.29 is 14.6 Å². The van der Waals surface area contributed by atoms with Crippen LogP contribution < -0.4 is 4.90 Å². The molecule has 1 N–H and O–H groups in total. The van der Waals surface area contributed by atoms with Gasteiger partial charge < -0.3 is 14.7 Å². The number of rotatable bonds is 3. The standard InChI is InChI=1S/C26H36N2O3/c1-17-6-4-9-20(14-17)28-12-10-27(11-13-28)16-21-23-22(31-25(21)30)15-19-8-5-7-18(2)26(19,3)24(23)29/h4,6,8-9,14,18,21-24,29H,5,7,10-13,15-16H2,1-3H3/t18-,21+,22+,23-,24+,26+/m0/s1. The molecule has 1 aromatic carbocycles. The van der Waals surface area contributed by atoms with Crippen LogP contribution in [-0.2, 0) is 9.53 Å². The van der Waals surface area contributed by atoms with E-state index in [1.54, 1.807) is 0 Å². The van der Waals surface area contributed by atoms with Crippen molar-refractivity contribution >= 4 is 11.7 Å². The number of fused-ring (bicyclic) bond motifs is 2. The first-order valence-electron chi connectivity index (χ1n) is 12.0. The molecule has 2 aliphatic carbocycles. The summed E-state index contributed by atoms with van der Waals surface area (Å²) in [7, 11) is 0. The molecule has 5 heteroatoms. The minimum Gasteiger partial charge on any atom is -0.461 e. The van der Waals surface area contributed by atoms with E-state index in [2.05, 4.69) is 60.9 Å². The first-order valence-corrected chi connectivity index (χ1v) is 12.0. The van der Waals surface area contributed by atoms with Gasteiger partial charge in [-0.05, 0) is 43.4 Å². The number of anilines is 1. The van der Waals surface area contributed by atoms with Crippen LogP contribution in [0.1, 0.15) is 38.7 Å². The van der Waals surface area contributed by atoms with Crippen LogP contribution in [0.25, 0.3) is 0 Å². The SMILES string of the molecule is Cc1cccc(N2CCN(C[C@H]3C(=O)O[C@@H]4CC5=CCC[C@H](C)[C@@]5(C)[C@H](O)[C@H]43)CC2)c1. The van der Waals surface area contributed by atoms with Crippen LogP contribution in [0, 0.1) is 30.1 Å². The summed E-state index contributed by atoms with van der Waals surface area (Å²) >= 11 is 0. The van der Waals surface area contributed by atoms with Crippen LogP contribution in [0.3, 0.4) is 0 Å². The van der Waals surface area contributed by atoms with Crippen LogP contribution in [0.2, 0.25) is 0 Å². The number of aliphatic hydroxyl groups is 1. The topological polar surface area (TPSA) is 53.0 Å². The molecule has 2 aliphatic heterocycles. The van der Waals surface area contributed by atoms with E-state index in [4.69, 9.17) is 4.74 Å². The van der Waals surface area contributed by atoms with Gasteiger partial charge in [0.25, 0.3) is 0 Å². The van der Waals surface area contributed by atoms with Crippen molar-refractivity contribution in [2.75, 3.05) is 37.6 Å². The van der Waals surface area contributed by atoms with Crippen LogP contribution in [0.15, 0.2) is 35.9 Å². The summed E-state index contributed by atoms with van der Waals surface area (Å²) in [6.45, 7) is 11.1. The lowest BCUT2D eigenvalue weighted by atomic mass is 9.55. The highest BCUT2D eigenvalue weighted by Crippen LogP contribution is 2.56. The molecular weight excluding hydrogens is 388 g/mol. The van der Waals surface area contributed by atoms with E-state index in [9.17, 15) is 9.90 Å². The first-order chi connectivity index (χ1) is 14.9. The molecule has 0 unspecified atom stereocenters. The molecule has 6 atom stereocenters. The van der Waals surface area contributed by atoms with Crippen molar-refractivity contribution in [1.82, 2.24) is 4.90 Å². The third-order valence-electron chi connectivity index (χ3n) is 8.76. The zero-order chi connectivity index (χ0) is 21.8. The van der Waals surface area contributed by atoms with E-state index >= 15 is 0 Å². The Morgan fingerprint density at radius 3 is 2.74 bits per heavy atom. The minimum atomic E-state index is -0.516. The Balaban J connectivity index is 1.28. The third kappa shape index (κ3) is 3.50. The summed E-state index contributed by atoms with van der Waals surface area (Å²) in [5, 5.41) is 11.5. The summed E-state index contributed by atoms with van der Waals surface area (Å²) in [5.41, 5.74) is 3.64. The molecule has 3 fully saturated rings. The normalized spacial score (nSPS) is 38.3. The van der Waals surface area contributed by atoms with Gasteiger partial charge >= 0.3 is 5.97 Å². The van der Waals surface area contributed by atoms with Gasteiger partial charge in [0, 0.05) is 56.2 Å². The van der Waals surface area contributed by atoms with Crippen LogP contribution >= 0.6 is 0 Å². The molecule has 0 aromatic heterocycles. The highest BCUT2D eigenvalue weighted by molar-refractivity contribution is 5.76. The van der Waals surface area contributed by atoms with Gasteiger partial charge in [-0.1, -0.05) is 37.6 Å². The van der Waals surface area contributed by atoms with Crippen molar-refractivity contribution in [3.05, 3.63) is 41.5 Å². The second-order valence-electron chi connectivity index (χ2n) is 10.4. The number of esters is 1. The maximum absolute atomic E-state index is 12.9. The number of allylic oxidation sites excluding steroid dienone is 1. The molecule has 5 rings (SSSR count). The quantitative estimate of drug-likeness (QED) is 0.595. The fraction of sp³-hybridized carbons (Fsp3) is 0.654. The Hall–Kier alpha value is -1.85. The fourth-order valence-corrected chi connectivity index (χ4v) is 6.57. The van der Waals surface area contributed by atoms with E-state index in [-0.39, 0.29) is 29.3 Å². The van der Waals surface area contributed by atoms with Gasteiger partial charge in [-0.3, -0.25) is 9.69 Å². The number of piperazine rings is 1. The molecule has 0 spiro atoms. The summed E-state index contributed by atoms with van der Waals surface area (Å²) in [6.07, 6.45) is 4.59. The predicted molar refractivity (Wildman–Crippen MR) is 122 cm³/mol. The number of hydrogen-bond donors (Lipinski definition) is 1. The molecule has 2 heterocycles. The second kappa shape index (κ2) is 7.93. The molecule has 2 saturated heterocycles. The van der Waals surface area contributed by atoms with Crippen LogP contribution in [0.4, 0.5) is 5.69 Å². The molecule has 1 aromatic rings. The van der Waals surface area contributed by atoms with Gasteiger partial charge in [-0.25, -0.2) is 0 Å². The van der Waals surface area contributed by atoms with Crippen molar-refractivity contribution in [2.24, 2.45) is 23.2 Å². The van der Waals surface area contributed by atoms with Crippen molar-refractivity contribution in [3.8, 4) is 0 Å². The van der Waals surface area contributed by atoms with Gasteiger partial charge in [0.15, 0.2) is 0 Å². The third-order valence-corrected chi connectivity index (χ3v) is 8.76. The Bertz CT molecular complexity index is 875. The molecular formula is C26H36N2O3. The van der Waals surface area contributed by atoms with Crippen molar-refractivity contribution in [3.63, 3.8) is 0 Å². The molecule has 31 heavy (non-hydrogen) atoms. The number of aliphatic hydroxyl groups excluding tert-OH is 1. The lowest BCUT2D eigenvalue weighted by molar-refractivity contribution is -0.145. The van der Waals surface area contributed by atoms with Gasteiger partial charge in [0.1, 0.15) is 6.10 Å². The zero-order valence-electron chi connectivity index (χ0n) is 19.1. The van der Waals surface area contributed by atoms with Crippen molar-refractivity contribution in [2.45, 2.75) is 52.2 Å². The van der Waals surface area contributed by atoms with E-state index in [1.807, 2.05) is 0 Å². The van der Waals surface area contributed by atoms with Gasteiger partial charge in [0.05, 0.1) is 12.0 Å². The predicted octanol–water partition coefficient (Wildman–Crippen LogP) is 3.40. The number of carbonyl (C=O) groups excluding carboxylic acids is 1. The summed E-state index contributed by atoms with van der Waals surface area (Å²) in [4.78, 5) is 17.7. The molecule has 4 aliphatic rings. The van der Waals surface area contributed by atoms with Gasteiger partial charge in [0.2, 0.25) is 0 Å². The van der Waals surface area contributed by atoms with Crippen molar-refractivity contribution in [1.29, 1.82) is 0 Å². The Morgan fingerprint density at radius 2 is 2.00 bits per heavy atom. The molecule has 0 radical (unpaired) electrons. The maximum atomic E-state index is 12.9. The molecule has 0 amide bonds. The summed E-state index contributed by atoms with van der Waals surface area (Å²) in [5.74, 6) is 0.00589. The lowest BCUT2D eigenvalue weighted by Crippen LogP contribution is -2.55. The number of hydrogen-bond acceptors (Lipinski definition) is 5. The Morgan fingerprint density at radius 1 is 1.23 bits per heavy atom. The van der Waals surface area contributed by atoms with Gasteiger partial charge in [-0.15, -0.1) is 0 Å². The van der Waals surface area contributed by atoms with Crippen LogP contribution in [0.5, 0.6) is 0 Å². The van der Waals surface area contributed by atoms with E-state index in [0.717, 1.165) is 45.4 Å². The number of benzene rings is 1. The number of carbonyl (C=O) groups is 1. The number of aryl methyl sites for hydroxylation is 1. The molecule has 1 saturated carbocycles. The Kier molecular flexibility index (Phi) is 5.38. The smallest absolute Gasteiger partial charge is 0.311 e. The molecule has 0 bridgehead atoms. The average molecular weight is 425 g/mol. The second-order valence-corrected chi connectivity index (χ2v) is 10.4. The van der Waals surface area contributed by atoms with Crippen LogP contribution in [-0.4, -0.2) is 60.9 Å². The molecule has 5 nitrogen and oxygen atoms in total. The average Bonchev–Trinajstić information content (AvgIpc) is 3.06. The lowest BCUT2D eigenvalue weighted by Gasteiger charge is -2.52. The molecule has 168 valence electrons. The van der Waals surface area contributed by atoms with Gasteiger partial charge in [-0.2, -0.15) is 0 Å². The minimum absolute atomic E-state index is 0.0926. The summed E-state index contributed by atoms with van der Waals surface area (Å²) < 4.78 is 5.85. The largest absolute Gasteiger partial charge is 0.461 e. The maximum Gasteiger partial charge on any atom is 0.311 e. The van der Waals surface area contributed by atoms with E-state index < -0.39 is 6.10 Å².